The van der Waals surface area contributed by atoms with Crippen LogP contribution in [-0.2, 0) is 0 Å². The highest BCUT2D eigenvalue weighted by Gasteiger charge is 2.32. The number of hydrogen-bond donors (Lipinski definition) is 3. The van der Waals surface area contributed by atoms with Crippen molar-refractivity contribution in [1.29, 1.82) is 0 Å². The largest absolute Gasteiger partial charge is 0.478 e. The lowest BCUT2D eigenvalue weighted by atomic mass is 9.79. The van der Waals surface area contributed by atoms with Crippen molar-refractivity contribution in [3.05, 3.63) is 29.3 Å². The maximum atomic E-state index is 11.3. The molecule has 1 aromatic rings. The summed E-state index contributed by atoms with van der Waals surface area (Å²) in [5.41, 5.74) is 1.03. The average molecular weight is 277 g/mol. The van der Waals surface area contributed by atoms with Gasteiger partial charge in [0.25, 0.3) is 0 Å². The molecule has 4 nitrogen and oxygen atoms in total. The Bertz CT molecular complexity index is 500. The Morgan fingerprint density at radius 2 is 2.25 bits per heavy atom. The Morgan fingerprint density at radius 1 is 1.50 bits per heavy atom. The van der Waals surface area contributed by atoms with Gasteiger partial charge >= 0.3 is 5.97 Å². The van der Waals surface area contributed by atoms with E-state index in [0.29, 0.717) is 18.2 Å². The van der Waals surface area contributed by atoms with E-state index < -0.39 is 11.6 Å². The highest BCUT2D eigenvalue weighted by atomic mass is 16.4. The number of carboxylic acids is 1. The smallest absolute Gasteiger partial charge is 0.337 e. The highest BCUT2D eigenvalue weighted by Crippen LogP contribution is 2.32. The van der Waals surface area contributed by atoms with Crippen LogP contribution in [-0.4, -0.2) is 28.3 Å². The second-order valence-electron chi connectivity index (χ2n) is 6.13. The predicted molar refractivity (Wildman–Crippen MR) is 79.2 cm³/mol. The van der Waals surface area contributed by atoms with E-state index in [9.17, 15) is 15.0 Å². The SMILES string of the molecule is Cc1ccc(NCC2(O)CCCC(C)C2)c(C(=O)O)c1. The van der Waals surface area contributed by atoms with Gasteiger partial charge in [0, 0.05) is 12.2 Å². The van der Waals surface area contributed by atoms with Crippen molar-refractivity contribution in [2.75, 3.05) is 11.9 Å². The van der Waals surface area contributed by atoms with Crippen LogP contribution in [0, 0.1) is 12.8 Å². The normalized spacial score (nSPS) is 26.2. The Labute approximate surface area is 119 Å². The van der Waals surface area contributed by atoms with Gasteiger partial charge in [0.2, 0.25) is 0 Å². The lowest BCUT2D eigenvalue weighted by Crippen LogP contribution is -2.41. The lowest BCUT2D eigenvalue weighted by Gasteiger charge is -2.36. The molecule has 20 heavy (non-hydrogen) atoms. The Kier molecular flexibility index (Phi) is 4.33. The van der Waals surface area contributed by atoms with Gasteiger partial charge in [-0.25, -0.2) is 4.79 Å². The van der Waals surface area contributed by atoms with Crippen LogP contribution in [0.1, 0.15) is 48.5 Å². The first kappa shape index (κ1) is 14.9. The van der Waals surface area contributed by atoms with E-state index in [1.165, 1.54) is 0 Å². The summed E-state index contributed by atoms with van der Waals surface area (Å²) >= 11 is 0. The van der Waals surface area contributed by atoms with Crippen LogP contribution in [0.4, 0.5) is 5.69 Å². The second kappa shape index (κ2) is 5.83. The number of aliphatic hydroxyl groups is 1. The van der Waals surface area contributed by atoms with E-state index in [1.54, 1.807) is 12.1 Å². The third-order valence-electron chi connectivity index (χ3n) is 4.08. The molecule has 0 saturated heterocycles. The molecule has 0 bridgehead atoms. The molecule has 1 fully saturated rings. The third kappa shape index (κ3) is 3.51. The number of anilines is 1. The first-order chi connectivity index (χ1) is 9.39. The highest BCUT2D eigenvalue weighted by molar-refractivity contribution is 5.94. The number of aromatic carboxylic acids is 1. The number of benzene rings is 1. The van der Waals surface area contributed by atoms with Gasteiger partial charge in [-0.2, -0.15) is 0 Å². The summed E-state index contributed by atoms with van der Waals surface area (Å²) in [4.78, 5) is 11.3. The van der Waals surface area contributed by atoms with Gasteiger partial charge in [-0.3, -0.25) is 0 Å². The van der Waals surface area contributed by atoms with Gasteiger partial charge in [-0.1, -0.05) is 31.4 Å². The summed E-state index contributed by atoms with van der Waals surface area (Å²) in [7, 11) is 0. The number of hydrogen-bond acceptors (Lipinski definition) is 3. The van der Waals surface area contributed by atoms with Crippen LogP contribution < -0.4 is 5.32 Å². The van der Waals surface area contributed by atoms with Crippen LogP contribution in [0.3, 0.4) is 0 Å². The molecular formula is C16H23NO3. The predicted octanol–water partition coefficient (Wildman–Crippen LogP) is 3.05. The molecular weight excluding hydrogens is 254 g/mol. The van der Waals surface area contributed by atoms with Gasteiger partial charge in [-0.15, -0.1) is 0 Å². The summed E-state index contributed by atoms with van der Waals surface area (Å²) in [5, 5.41) is 22.9. The monoisotopic (exact) mass is 277 g/mol. The summed E-state index contributed by atoms with van der Waals surface area (Å²) in [6.07, 6.45) is 3.74. The zero-order valence-corrected chi connectivity index (χ0v) is 12.1. The minimum atomic E-state index is -0.944. The van der Waals surface area contributed by atoms with Crippen molar-refractivity contribution in [3.8, 4) is 0 Å². The molecule has 2 rings (SSSR count). The summed E-state index contributed by atoms with van der Waals surface area (Å²) < 4.78 is 0. The first-order valence-electron chi connectivity index (χ1n) is 7.20. The van der Waals surface area contributed by atoms with Crippen LogP contribution in [0.25, 0.3) is 0 Å². The first-order valence-corrected chi connectivity index (χ1v) is 7.20. The van der Waals surface area contributed by atoms with E-state index in [-0.39, 0.29) is 5.56 Å². The number of nitrogens with one attached hydrogen (secondary N) is 1. The van der Waals surface area contributed by atoms with Gasteiger partial charge in [0.15, 0.2) is 0 Å². The minimum absolute atomic E-state index is 0.262. The van der Waals surface area contributed by atoms with E-state index in [2.05, 4.69) is 12.2 Å². The number of carboxylic acid groups (broad SMARTS) is 1. The molecule has 4 heteroatoms. The van der Waals surface area contributed by atoms with Crippen molar-refractivity contribution in [2.24, 2.45) is 5.92 Å². The second-order valence-corrected chi connectivity index (χ2v) is 6.13. The van der Waals surface area contributed by atoms with Crippen LogP contribution in [0.5, 0.6) is 0 Å². The minimum Gasteiger partial charge on any atom is -0.478 e. The number of carbonyl (C=O) groups is 1. The number of aryl methyl sites for hydroxylation is 1. The van der Waals surface area contributed by atoms with Gasteiger partial charge < -0.3 is 15.5 Å². The Hall–Kier alpha value is -1.55. The molecule has 2 atom stereocenters. The van der Waals surface area contributed by atoms with E-state index in [0.717, 1.165) is 31.2 Å². The molecule has 0 heterocycles. The third-order valence-corrected chi connectivity index (χ3v) is 4.08. The van der Waals surface area contributed by atoms with Gasteiger partial charge in [0.1, 0.15) is 0 Å². The molecule has 2 unspecified atom stereocenters. The molecule has 1 aliphatic rings. The average Bonchev–Trinajstić information content (AvgIpc) is 2.37. The van der Waals surface area contributed by atoms with Crippen molar-refractivity contribution in [1.82, 2.24) is 0 Å². The molecule has 1 aromatic carbocycles. The summed E-state index contributed by atoms with van der Waals surface area (Å²) in [6.45, 7) is 4.42. The molecule has 0 aliphatic heterocycles. The quantitative estimate of drug-likeness (QED) is 0.791. The van der Waals surface area contributed by atoms with Crippen molar-refractivity contribution in [2.45, 2.75) is 45.1 Å². The number of rotatable bonds is 4. The fraction of sp³-hybridized carbons (Fsp3) is 0.562. The Morgan fingerprint density at radius 3 is 2.90 bits per heavy atom. The molecule has 0 radical (unpaired) electrons. The van der Waals surface area contributed by atoms with Crippen molar-refractivity contribution < 1.29 is 15.0 Å². The molecule has 110 valence electrons. The molecule has 0 amide bonds. The standard InChI is InChI=1S/C16H23NO3/c1-11-5-6-14(13(8-11)15(18)19)17-10-16(20)7-3-4-12(2)9-16/h5-6,8,12,17,20H,3-4,7,9-10H2,1-2H3,(H,18,19). The van der Waals surface area contributed by atoms with Crippen molar-refractivity contribution >= 4 is 11.7 Å². The maximum absolute atomic E-state index is 11.3. The van der Waals surface area contributed by atoms with Crippen LogP contribution in [0.2, 0.25) is 0 Å². The zero-order valence-electron chi connectivity index (χ0n) is 12.1. The van der Waals surface area contributed by atoms with Gasteiger partial charge in [-0.05, 0) is 37.8 Å². The topological polar surface area (TPSA) is 69.6 Å². The van der Waals surface area contributed by atoms with Gasteiger partial charge in [0.05, 0.1) is 11.2 Å². The van der Waals surface area contributed by atoms with E-state index in [1.807, 2.05) is 13.0 Å². The fourth-order valence-electron chi connectivity index (χ4n) is 3.04. The zero-order chi connectivity index (χ0) is 14.8. The van der Waals surface area contributed by atoms with Crippen LogP contribution >= 0.6 is 0 Å². The molecule has 0 aromatic heterocycles. The summed E-state index contributed by atoms with van der Waals surface area (Å²) in [5.74, 6) is -0.423. The Balaban J connectivity index is 2.09. The van der Waals surface area contributed by atoms with Crippen molar-refractivity contribution in [3.63, 3.8) is 0 Å². The lowest BCUT2D eigenvalue weighted by molar-refractivity contribution is -0.000808. The summed E-state index contributed by atoms with van der Waals surface area (Å²) in [6, 6.07) is 5.30. The molecule has 3 N–H and O–H groups in total. The fourth-order valence-corrected chi connectivity index (χ4v) is 3.04. The van der Waals surface area contributed by atoms with Crippen LogP contribution in [0.15, 0.2) is 18.2 Å². The molecule has 0 spiro atoms. The molecule has 1 aliphatic carbocycles. The maximum Gasteiger partial charge on any atom is 0.337 e. The molecule has 1 saturated carbocycles. The van der Waals surface area contributed by atoms with E-state index in [4.69, 9.17) is 0 Å². The van der Waals surface area contributed by atoms with E-state index >= 15 is 0 Å².